The first-order valence-corrected chi connectivity index (χ1v) is 11.5. The van der Waals surface area contributed by atoms with E-state index in [1.54, 1.807) is 18.2 Å². The fourth-order valence-corrected chi connectivity index (χ4v) is 3.67. The topological polar surface area (TPSA) is 60.4 Å². The van der Waals surface area contributed by atoms with E-state index in [1.807, 2.05) is 33.9 Å². The van der Waals surface area contributed by atoms with Gasteiger partial charge in [0.15, 0.2) is 9.84 Å². The molecule has 0 bridgehead atoms. The summed E-state index contributed by atoms with van der Waals surface area (Å²) in [4.78, 5) is 12.2. The molecule has 4 nitrogen and oxygen atoms in total. The second-order valence-corrected chi connectivity index (χ2v) is 13.5. The maximum Gasteiger partial charge on any atom is 0.293 e. The Kier molecular flexibility index (Phi) is 5.39. The highest BCUT2D eigenvalue weighted by Gasteiger charge is 2.40. The summed E-state index contributed by atoms with van der Waals surface area (Å²) in [6.45, 7) is 10.0. The fourth-order valence-electron chi connectivity index (χ4n) is 1.45. The molecule has 0 saturated heterocycles. The van der Waals surface area contributed by atoms with E-state index < -0.39 is 24.1 Å². The number of carbonyl (C=O) groups excluding carboxylic acids is 1. The van der Waals surface area contributed by atoms with Gasteiger partial charge in [0.1, 0.15) is 0 Å². The lowest BCUT2D eigenvalue weighted by Gasteiger charge is -2.35. The summed E-state index contributed by atoms with van der Waals surface area (Å²) in [7, 11) is -5.62. The Morgan fingerprint density at radius 1 is 1.14 bits per heavy atom. The monoisotopic (exact) mass is 328 g/mol. The van der Waals surface area contributed by atoms with Crippen molar-refractivity contribution in [2.75, 3.05) is 5.75 Å². The Morgan fingerprint density at radius 2 is 1.67 bits per heavy atom. The first-order valence-electron chi connectivity index (χ1n) is 6.95. The van der Waals surface area contributed by atoms with Crippen molar-refractivity contribution in [3.63, 3.8) is 0 Å². The third-order valence-corrected chi connectivity index (χ3v) is 9.93. The van der Waals surface area contributed by atoms with Gasteiger partial charge in [0.25, 0.3) is 14.3 Å². The van der Waals surface area contributed by atoms with Crippen molar-refractivity contribution in [2.45, 2.75) is 50.2 Å². The van der Waals surface area contributed by atoms with E-state index in [-0.39, 0.29) is 22.1 Å². The van der Waals surface area contributed by atoms with Gasteiger partial charge in [-0.2, -0.15) is 0 Å². The minimum absolute atomic E-state index is 0.0824. The van der Waals surface area contributed by atoms with Crippen LogP contribution < -0.4 is 0 Å². The van der Waals surface area contributed by atoms with Gasteiger partial charge in [0.05, 0.1) is 17.1 Å². The number of hydrogen-bond acceptors (Lipinski definition) is 4. The SMILES string of the molecule is CC(C)(C)[Si](C)(C)OC(=O)CCS(=O)(=O)c1ccccc1. The number of sulfone groups is 1. The molecular formula is C15H24O4SSi. The minimum Gasteiger partial charge on any atom is -0.519 e. The van der Waals surface area contributed by atoms with Crippen LogP contribution in [-0.4, -0.2) is 28.5 Å². The average molecular weight is 329 g/mol. The molecule has 0 unspecified atom stereocenters. The van der Waals surface area contributed by atoms with E-state index in [9.17, 15) is 13.2 Å². The average Bonchev–Trinajstić information content (AvgIpc) is 2.36. The van der Waals surface area contributed by atoms with Crippen molar-refractivity contribution in [1.29, 1.82) is 0 Å². The molecular weight excluding hydrogens is 304 g/mol. The molecule has 1 aromatic carbocycles. The van der Waals surface area contributed by atoms with Crippen molar-refractivity contribution in [3.05, 3.63) is 30.3 Å². The second-order valence-electron chi connectivity index (χ2n) is 6.62. The van der Waals surface area contributed by atoms with Crippen molar-refractivity contribution in [1.82, 2.24) is 0 Å². The summed E-state index contributed by atoms with van der Waals surface area (Å²) in [5.74, 6) is -0.647. The number of carbonyl (C=O) groups is 1. The van der Waals surface area contributed by atoms with Crippen LogP contribution in [0, 0.1) is 0 Å². The standard InChI is InChI=1S/C15H24O4SSi/c1-15(2,3)21(4,5)19-14(16)11-12-20(17,18)13-9-7-6-8-10-13/h6-10H,11-12H2,1-5H3. The molecule has 0 aliphatic heterocycles. The lowest BCUT2D eigenvalue weighted by Crippen LogP contribution is -2.42. The maximum absolute atomic E-state index is 12.1. The van der Waals surface area contributed by atoms with E-state index in [0.717, 1.165) is 0 Å². The van der Waals surface area contributed by atoms with Gasteiger partial charge in [-0.25, -0.2) is 8.42 Å². The van der Waals surface area contributed by atoms with Crippen molar-refractivity contribution in [3.8, 4) is 0 Å². The quantitative estimate of drug-likeness (QED) is 0.777. The van der Waals surface area contributed by atoms with Gasteiger partial charge in [-0.15, -0.1) is 0 Å². The molecule has 0 N–H and O–H groups in total. The van der Waals surface area contributed by atoms with Crippen molar-refractivity contribution in [2.24, 2.45) is 0 Å². The third kappa shape index (κ3) is 4.96. The zero-order valence-corrected chi connectivity index (χ0v) is 15.2. The zero-order valence-electron chi connectivity index (χ0n) is 13.3. The largest absolute Gasteiger partial charge is 0.519 e. The van der Waals surface area contributed by atoms with Gasteiger partial charge in [-0.1, -0.05) is 39.0 Å². The van der Waals surface area contributed by atoms with Crippen molar-refractivity contribution >= 4 is 24.1 Å². The summed E-state index contributed by atoms with van der Waals surface area (Å²) >= 11 is 0. The van der Waals surface area contributed by atoms with E-state index in [0.29, 0.717) is 0 Å². The molecule has 0 spiro atoms. The number of benzene rings is 1. The van der Waals surface area contributed by atoms with E-state index in [1.165, 1.54) is 12.1 Å². The van der Waals surface area contributed by atoms with E-state index in [4.69, 9.17) is 4.43 Å². The van der Waals surface area contributed by atoms with E-state index >= 15 is 0 Å². The Hall–Kier alpha value is -1.14. The van der Waals surface area contributed by atoms with Gasteiger partial charge in [0.2, 0.25) is 0 Å². The molecule has 0 heterocycles. The van der Waals surface area contributed by atoms with E-state index in [2.05, 4.69) is 0 Å². The van der Waals surface area contributed by atoms with Gasteiger partial charge < -0.3 is 4.43 Å². The predicted molar refractivity (Wildman–Crippen MR) is 86.4 cm³/mol. The van der Waals surface area contributed by atoms with Crippen LogP contribution in [0.5, 0.6) is 0 Å². The van der Waals surface area contributed by atoms with Gasteiger partial charge in [0, 0.05) is 0 Å². The molecule has 0 radical (unpaired) electrons. The minimum atomic E-state index is -3.43. The molecule has 118 valence electrons. The molecule has 0 aliphatic rings. The normalized spacial score (nSPS) is 13.0. The van der Waals surface area contributed by atoms with Crippen LogP contribution in [0.1, 0.15) is 27.2 Å². The molecule has 0 aliphatic carbocycles. The molecule has 6 heteroatoms. The molecule has 1 rings (SSSR count). The number of hydrogen-bond donors (Lipinski definition) is 0. The lowest BCUT2D eigenvalue weighted by molar-refractivity contribution is -0.135. The summed E-state index contributed by atoms with van der Waals surface area (Å²) in [6, 6.07) is 8.16. The zero-order chi connectivity index (χ0) is 16.3. The Morgan fingerprint density at radius 3 is 2.14 bits per heavy atom. The highest BCUT2D eigenvalue weighted by Crippen LogP contribution is 2.36. The fraction of sp³-hybridized carbons (Fsp3) is 0.533. The Labute approximate surface area is 128 Å². The first-order chi connectivity index (χ1) is 9.46. The maximum atomic E-state index is 12.1. The van der Waals surface area contributed by atoms with Crippen LogP contribution in [0.2, 0.25) is 18.1 Å². The summed E-state index contributed by atoms with van der Waals surface area (Å²) in [5, 5.41) is -0.0824. The summed E-state index contributed by atoms with van der Waals surface area (Å²) in [6.07, 6.45) is -0.107. The van der Waals surface area contributed by atoms with Crippen LogP contribution in [0.25, 0.3) is 0 Å². The van der Waals surface area contributed by atoms with Crippen molar-refractivity contribution < 1.29 is 17.6 Å². The van der Waals surface area contributed by atoms with Crippen LogP contribution in [0.4, 0.5) is 0 Å². The molecule has 0 aromatic heterocycles. The highest BCUT2D eigenvalue weighted by atomic mass is 32.2. The third-order valence-electron chi connectivity index (χ3n) is 3.85. The predicted octanol–water partition coefficient (Wildman–Crippen LogP) is 3.40. The molecule has 21 heavy (non-hydrogen) atoms. The smallest absolute Gasteiger partial charge is 0.293 e. The van der Waals surface area contributed by atoms with Crippen LogP contribution in [-0.2, 0) is 19.1 Å². The van der Waals surface area contributed by atoms with Crippen LogP contribution in [0.3, 0.4) is 0 Å². The molecule has 0 amide bonds. The molecule has 0 atom stereocenters. The molecule has 1 aromatic rings. The highest BCUT2D eigenvalue weighted by molar-refractivity contribution is 7.91. The van der Waals surface area contributed by atoms with Crippen LogP contribution in [0.15, 0.2) is 35.2 Å². The molecule has 0 fully saturated rings. The summed E-state index contributed by atoms with van der Waals surface area (Å²) in [5.41, 5.74) is 0. The van der Waals surface area contributed by atoms with Gasteiger partial charge in [-0.3, -0.25) is 4.79 Å². The van der Waals surface area contributed by atoms with Crippen LogP contribution >= 0.6 is 0 Å². The lowest BCUT2D eigenvalue weighted by atomic mass is 10.2. The number of rotatable bonds is 5. The molecule has 0 saturated carbocycles. The Balaban J connectivity index is 2.66. The van der Waals surface area contributed by atoms with Gasteiger partial charge >= 0.3 is 0 Å². The first kappa shape index (κ1) is 17.9. The Bertz CT molecular complexity index is 586. The second kappa shape index (κ2) is 6.32. The van der Waals surface area contributed by atoms with Gasteiger partial charge in [-0.05, 0) is 30.3 Å². The summed E-state index contributed by atoms with van der Waals surface area (Å²) < 4.78 is 29.8.